The molecule has 0 aromatic rings. The highest BCUT2D eigenvalue weighted by molar-refractivity contribution is 4.76. The Morgan fingerprint density at radius 1 is 0.882 bits per heavy atom. The van der Waals surface area contributed by atoms with Crippen LogP contribution >= 0.6 is 0 Å². The molecule has 2 atom stereocenters. The third-order valence-electron chi connectivity index (χ3n) is 4.14. The third-order valence-corrected chi connectivity index (χ3v) is 4.14. The maximum absolute atomic E-state index is 3.57. The Morgan fingerprint density at radius 2 is 1.41 bits per heavy atom. The molecule has 1 rings (SSSR count). The largest absolute Gasteiger partial charge is 0.314 e. The quantitative estimate of drug-likeness (QED) is 0.793. The van der Waals surface area contributed by atoms with Gasteiger partial charge in [-0.25, -0.2) is 0 Å². The van der Waals surface area contributed by atoms with E-state index in [9.17, 15) is 0 Å². The second-order valence-electron chi connectivity index (χ2n) is 6.08. The summed E-state index contributed by atoms with van der Waals surface area (Å²) in [5.74, 6) is 0.747. The molecule has 102 valence electrons. The Labute approximate surface area is 108 Å². The van der Waals surface area contributed by atoms with E-state index in [1.165, 1.54) is 45.2 Å². The van der Waals surface area contributed by atoms with Crippen molar-refractivity contribution in [3.05, 3.63) is 0 Å². The molecular formula is C15H32N2. The van der Waals surface area contributed by atoms with Gasteiger partial charge >= 0.3 is 0 Å². The highest BCUT2D eigenvalue weighted by Crippen LogP contribution is 2.16. The molecule has 0 bridgehead atoms. The molecule has 0 saturated carbocycles. The second-order valence-corrected chi connectivity index (χ2v) is 6.08. The van der Waals surface area contributed by atoms with E-state index >= 15 is 0 Å². The SMILES string of the molecule is CC(C)NCC(C)C(C)N1CCCCCCC1. The maximum atomic E-state index is 3.57. The Hall–Kier alpha value is -0.0800. The van der Waals surface area contributed by atoms with Crippen molar-refractivity contribution in [2.24, 2.45) is 5.92 Å². The lowest BCUT2D eigenvalue weighted by molar-refractivity contribution is 0.145. The van der Waals surface area contributed by atoms with Crippen LogP contribution in [0.4, 0.5) is 0 Å². The van der Waals surface area contributed by atoms with Gasteiger partial charge in [-0.2, -0.15) is 0 Å². The summed E-state index contributed by atoms with van der Waals surface area (Å²) in [6.45, 7) is 13.0. The van der Waals surface area contributed by atoms with Crippen LogP contribution in [-0.2, 0) is 0 Å². The lowest BCUT2D eigenvalue weighted by Gasteiger charge is -2.34. The zero-order valence-corrected chi connectivity index (χ0v) is 12.3. The van der Waals surface area contributed by atoms with Crippen LogP contribution in [-0.4, -0.2) is 36.6 Å². The van der Waals surface area contributed by atoms with Crippen LogP contribution in [0.2, 0.25) is 0 Å². The summed E-state index contributed by atoms with van der Waals surface area (Å²) in [6, 6.07) is 1.33. The highest BCUT2D eigenvalue weighted by Gasteiger charge is 2.20. The number of nitrogens with zero attached hydrogens (tertiary/aromatic N) is 1. The fourth-order valence-electron chi connectivity index (χ4n) is 2.63. The average molecular weight is 240 g/mol. The van der Waals surface area contributed by atoms with Crippen molar-refractivity contribution < 1.29 is 0 Å². The van der Waals surface area contributed by atoms with Crippen LogP contribution < -0.4 is 5.32 Å². The minimum atomic E-state index is 0.608. The summed E-state index contributed by atoms with van der Waals surface area (Å²) in [4.78, 5) is 2.71. The molecule has 0 amide bonds. The molecule has 1 fully saturated rings. The lowest BCUT2D eigenvalue weighted by atomic mass is 9.99. The Morgan fingerprint density at radius 3 is 1.94 bits per heavy atom. The monoisotopic (exact) mass is 240 g/mol. The summed E-state index contributed by atoms with van der Waals surface area (Å²) in [5.41, 5.74) is 0. The smallest absolute Gasteiger partial charge is 0.0105 e. The molecule has 1 N–H and O–H groups in total. The predicted octanol–water partition coefficient (Wildman–Crippen LogP) is 3.28. The van der Waals surface area contributed by atoms with E-state index < -0.39 is 0 Å². The van der Waals surface area contributed by atoms with Crippen LogP contribution in [0.5, 0.6) is 0 Å². The zero-order valence-electron chi connectivity index (χ0n) is 12.3. The standard InChI is InChI=1S/C15H32N2/c1-13(2)16-12-14(3)15(4)17-10-8-6-5-7-9-11-17/h13-16H,5-12H2,1-4H3. The number of nitrogens with one attached hydrogen (secondary N) is 1. The Balaban J connectivity index is 2.34. The van der Waals surface area contributed by atoms with Crippen LogP contribution in [0.25, 0.3) is 0 Å². The van der Waals surface area contributed by atoms with Gasteiger partial charge in [-0.1, -0.05) is 40.0 Å². The molecule has 0 aliphatic carbocycles. The van der Waals surface area contributed by atoms with Crippen molar-refractivity contribution in [1.82, 2.24) is 10.2 Å². The fourth-order valence-corrected chi connectivity index (χ4v) is 2.63. The minimum absolute atomic E-state index is 0.608. The van der Waals surface area contributed by atoms with Gasteiger partial charge in [0.15, 0.2) is 0 Å². The van der Waals surface area contributed by atoms with Gasteiger partial charge in [0.05, 0.1) is 0 Å². The van der Waals surface area contributed by atoms with E-state index in [1.807, 2.05) is 0 Å². The lowest BCUT2D eigenvalue weighted by Crippen LogP contribution is -2.43. The molecule has 1 aliphatic rings. The molecule has 1 aliphatic heterocycles. The van der Waals surface area contributed by atoms with Crippen LogP contribution in [0, 0.1) is 5.92 Å². The summed E-state index contributed by atoms with van der Waals surface area (Å²) in [6.07, 6.45) is 7.11. The van der Waals surface area contributed by atoms with Crippen molar-refractivity contribution in [3.63, 3.8) is 0 Å². The summed E-state index contributed by atoms with van der Waals surface area (Å²) in [5, 5.41) is 3.57. The topological polar surface area (TPSA) is 15.3 Å². The molecule has 0 aromatic heterocycles. The highest BCUT2D eigenvalue weighted by atomic mass is 15.2. The summed E-state index contributed by atoms with van der Waals surface area (Å²) in [7, 11) is 0. The van der Waals surface area contributed by atoms with Crippen molar-refractivity contribution in [2.45, 2.75) is 71.9 Å². The van der Waals surface area contributed by atoms with Gasteiger partial charge in [-0.05, 0) is 45.3 Å². The second kappa shape index (κ2) is 8.10. The van der Waals surface area contributed by atoms with Crippen LogP contribution in [0.15, 0.2) is 0 Å². The molecule has 17 heavy (non-hydrogen) atoms. The van der Waals surface area contributed by atoms with Gasteiger partial charge in [0.2, 0.25) is 0 Å². The molecule has 1 heterocycles. The van der Waals surface area contributed by atoms with E-state index in [0.29, 0.717) is 6.04 Å². The molecule has 2 nitrogen and oxygen atoms in total. The van der Waals surface area contributed by atoms with Crippen LogP contribution in [0.3, 0.4) is 0 Å². The van der Waals surface area contributed by atoms with Crippen molar-refractivity contribution in [1.29, 1.82) is 0 Å². The van der Waals surface area contributed by atoms with Crippen molar-refractivity contribution in [3.8, 4) is 0 Å². The summed E-state index contributed by atoms with van der Waals surface area (Å²) >= 11 is 0. The van der Waals surface area contributed by atoms with E-state index in [0.717, 1.165) is 18.5 Å². The van der Waals surface area contributed by atoms with Crippen LogP contribution in [0.1, 0.15) is 59.8 Å². The Kier molecular flexibility index (Phi) is 7.14. The van der Waals surface area contributed by atoms with Gasteiger partial charge in [0, 0.05) is 12.1 Å². The maximum Gasteiger partial charge on any atom is 0.0105 e. The van der Waals surface area contributed by atoms with Gasteiger partial charge in [-0.3, -0.25) is 0 Å². The first kappa shape index (κ1) is 15.0. The molecule has 0 aromatic carbocycles. The van der Waals surface area contributed by atoms with E-state index in [1.54, 1.807) is 0 Å². The molecule has 0 spiro atoms. The van der Waals surface area contributed by atoms with E-state index in [4.69, 9.17) is 0 Å². The Bertz CT molecular complexity index is 183. The zero-order chi connectivity index (χ0) is 12.7. The number of rotatable bonds is 5. The number of likely N-dealkylation sites (tertiary alicyclic amines) is 1. The van der Waals surface area contributed by atoms with E-state index in [2.05, 4.69) is 37.9 Å². The minimum Gasteiger partial charge on any atom is -0.314 e. The van der Waals surface area contributed by atoms with Gasteiger partial charge in [0.1, 0.15) is 0 Å². The molecule has 1 saturated heterocycles. The molecule has 0 radical (unpaired) electrons. The van der Waals surface area contributed by atoms with E-state index in [-0.39, 0.29) is 0 Å². The van der Waals surface area contributed by atoms with Crippen molar-refractivity contribution >= 4 is 0 Å². The first-order chi connectivity index (χ1) is 8.11. The normalized spacial score (nSPS) is 23.1. The van der Waals surface area contributed by atoms with Crippen molar-refractivity contribution in [2.75, 3.05) is 19.6 Å². The van der Waals surface area contributed by atoms with Gasteiger partial charge in [0.25, 0.3) is 0 Å². The van der Waals surface area contributed by atoms with Gasteiger partial charge < -0.3 is 10.2 Å². The first-order valence-corrected chi connectivity index (χ1v) is 7.58. The first-order valence-electron chi connectivity index (χ1n) is 7.58. The third kappa shape index (κ3) is 5.87. The predicted molar refractivity (Wildman–Crippen MR) is 76.4 cm³/mol. The average Bonchev–Trinajstić information content (AvgIpc) is 2.24. The number of hydrogen-bond acceptors (Lipinski definition) is 2. The van der Waals surface area contributed by atoms with Gasteiger partial charge in [-0.15, -0.1) is 0 Å². The number of hydrogen-bond donors (Lipinski definition) is 1. The summed E-state index contributed by atoms with van der Waals surface area (Å²) < 4.78 is 0. The molecule has 2 heteroatoms. The molecule has 2 unspecified atom stereocenters. The molecular weight excluding hydrogens is 208 g/mol. The fraction of sp³-hybridized carbons (Fsp3) is 1.00.